The highest BCUT2D eigenvalue weighted by Crippen LogP contribution is 2.14. The van der Waals surface area contributed by atoms with Gasteiger partial charge in [-0.1, -0.05) is 56.0 Å². The molecule has 1 aliphatic rings. The lowest BCUT2D eigenvalue weighted by atomic mass is 10.0. The molecule has 4 heteroatoms. The quantitative estimate of drug-likeness (QED) is 0.663. The molecule has 4 nitrogen and oxygen atoms in total. The normalized spacial score (nSPS) is 18.3. The van der Waals surface area contributed by atoms with Crippen LogP contribution in [0.4, 0.5) is 0 Å². The first-order chi connectivity index (χ1) is 10.1. The van der Waals surface area contributed by atoms with Gasteiger partial charge in [0.05, 0.1) is 0 Å². The van der Waals surface area contributed by atoms with Gasteiger partial charge in [0.1, 0.15) is 6.04 Å². The van der Waals surface area contributed by atoms with E-state index in [0.717, 1.165) is 0 Å². The first kappa shape index (κ1) is 15.0. The molecule has 0 saturated carbocycles. The molecule has 0 aliphatic carbocycles. The maximum Gasteiger partial charge on any atom is 0.247 e. The van der Waals surface area contributed by atoms with E-state index in [1.54, 1.807) is 6.08 Å². The lowest BCUT2D eigenvalue weighted by molar-refractivity contribution is -0.134. The average molecular weight is 284 g/mol. The minimum atomic E-state index is -0.529. The summed E-state index contributed by atoms with van der Waals surface area (Å²) in [5, 5.41) is 2.91. The fourth-order valence-corrected chi connectivity index (χ4v) is 2.35. The Morgan fingerprint density at radius 3 is 2.81 bits per heavy atom. The molecule has 0 radical (unpaired) electrons. The van der Waals surface area contributed by atoms with Crippen molar-refractivity contribution in [3.63, 3.8) is 0 Å². The van der Waals surface area contributed by atoms with Crippen LogP contribution in [0.3, 0.4) is 0 Å². The van der Waals surface area contributed by atoms with Crippen LogP contribution in [0.25, 0.3) is 0 Å². The molecule has 2 rings (SSSR count). The number of nitrogens with zero attached hydrogens (tertiary/aromatic N) is 1. The average Bonchev–Trinajstić information content (AvgIpc) is 3.02. The Labute approximate surface area is 125 Å². The van der Waals surface area contributed by atoms with Crippen LogP contribution in [-0.2, 0) is 9.59 Å². The van der Waals surface area contributed by atoms with Crippen LogP contribution in [-0.4, -0.2) is 35.8 Å². The molecule has 110 valence electrons. The number of hydrogen-bond acceptors (Lipinski definition) is 2. The van der Waals surface area contributed by atoms with Crippen molar-refractivity contribution in [2.24, 2.45) is 0 Å². The third kappa shape index (κ3) is 3.60. The number of benzene rings is 1. The number of carbonyl (C=O) groups excluding carboxylic acids is 2. The molecule has 2 atom stereocenters. The molecule has 1 N–H and O–H groups in total. The zero-order valence-corrected chi connectivity index (χ0v) is 12.2. The first-order valence-electron chi connectivity index (χ1n) is 7.06. The maximum absolute atomic E-state index is 12.2. The number of rotatable bonds is 5. The van der Waals surface area contributed by atoms with Gasteiger partial charge in [-0.25, -0.2) is 0 Å². The van der Waals surface area contributed by atoms with E-state index in [-0.39, 0.29) is 17.7 Å². The van der Waals surface area contributed by atoms with E-state index in [1.807, 2.05) is 36.4 Å². The van der Waals surface area contributed by atoms with E-state index in [4.69, 9.17) is 0 Å². The van der Waals surface area contributed by atoms with Crippen LogP contribution in [0.15, 0.2) is 55.1 Å². The minimum absolute atomic E-state index is 0.151. The molecule has 1 aromatic carbocycles. The monoisotopic (exact) mass is 284 g/mol. The van der Waals surface area contributed by atoms with Gasteiger partial charge in [0, 0.05) is 13.1 Å². The molecule has 0 bridgehead atoms. The van der Waals surface area contributed by atoms with E-state index < -0.39 is 6.04 Å². The number of nitrogens with one attached hydrogen (secondary N) is 1. The van der Waals surface area contributed by atoms with E-state index in [1.165, 1.54) is 16.5 Å². The van der Waals surface area contributed by atoms with Crippen molar-refractivity contribution in [3.05, 3.63) is 60.7 Å². The molecule has 1 unspecified atom stereocenters. The Morgan fingerprint density at radius 2 is 2.14 bits per heavy atom. The Bertz CT molecular complexity index is 551. The smallest absolute Gasteiger partial charge is 0.247 e. The Morgan fingerprint density at radius 1 is 1.43 bits per heavy atom. The molecular formula is C17H20N2O2. The molecule has 1 aliphatic heterocycles. The van der Waals surface area contributed by atoms with E-state index in [9.17, 15) is 9.59 Å². The highest BCUT2D eigenvalue weighted by molar-refractivity contribution is 5.94. The summed E-state index contributed by atoms with van der Waals surface area (Å²) >= 11 is 0. The van der Waals surface area contributed by atoms with Gasteiger partial charge in [-0.2, -0.15) is 0 Å². The topological polar surface area (TPSA) is 49.4 Å². The highest BCUT2D eigenvalue weighted by Gasteiger charge is 2.29. The standard InChI is InChI=1S/C17H20N2O2/c1-3-16(20)19-11-7-10-15(19)17(21)18-12-13(2)14-8-5-4-6-9-14/h3-10,13,15H,1,11-12H2,2H3,(H,18,21)/t13?,15-/m0/s1. The first-order valence-corrected chi connectivity index (χ1v) is 7.06. The van der Waals surface area contributed by atoms with Gasteiger partial charge >= 0.3 is 0 Å². The third-order valence-corrected chi connectivity index (χ3v) is 3.63. The second-order valence-electron chi connectivity index (χ2n) is 5.12. The van der Waals surface area contributed by atoms with Gasteiger partial charge in [0.2, 0.25) is 11.8 Å². The van der Waals surface area contributed by atoms with Gasteiger partial charge in [-0.05, 0) is 17.6 Å². The van der Waals surface area contributed by atoms with Crippen molar-refractivity contribution >= 4 is 11.8 Å². The molecular weight excluding hydrogens is 264 g/mol. The Balaban J connectivity index is 1.91. The van der Waals surface area contributed by atoms with Crippen molar-refractivity contribution in [1.29, 1.82) is 0 Å². The van der Waals surface area contributed by atoms with Crippen molar-refractivity contribution in [1.82, 2.24) is 10.2 Å². The Kier molecular flexibility index (Phi) is 4.93. The zero-order chi connectivity index (χ0) is 15.2. The Hall–Kier alpha value is -2.36. The fourth-order valence-electron chi connectivity index (χ4n) is 2.35. The van der Waals surface area contributed by atoms with Crippen molar-refractivity contribution < 1.29 is 9.59 Å². The summed E-state index contributed by atoms with van der Waals surface area (Å²) in [5.74, 6) is -0.151. The van der Waals surface area contributed by atoms with Gasteiger partial charge in [0.15, 0.2) is 0 Å². The number of carbonyl (C=O) groups is 2. The van der Waals surface area contributed by atoms with Crippen molar-refractivity contribution in [3.8, 4) is 0 Å². The molecule has 0 saturated heterocycles. The van der Waals surface area contributed by atoms with Gasteiger partial charge in [-0.3, -0.25) is 9.59 Å². The summed E-state index contributed by atoms with van der Waals surface area (Å²) in [7, 11) is 0. The zero-order valence-electron chi connectivity index (χ0n) is 12.2. The summed E-state index contributed by atoms with van der Waals surface area (Å²) in [6, 6.07) is 9.49. The molecule has 0 spiro atoms. The summed E-state index contributed by atoms with van der Waals surface area (Å²) in [4.78, 5) is 25.4. The van der Waals surface area contributed by atoms with Gasteiger partial charge in [-0.15, -0.1) is 0 Å². The lowest BCUT2D eigenvalue weighted by Crippen LogP contribution is -2.46. The SMILES string of the molecule is C=CC(=O)N1CC=C[C@H]1C(=O)NCC(C)c1ccccc1. The lowest BCUT2D eigenvalue weighted by Gasteiger charge is -2.23. The summed E-state index contributed by atoms with van der Waals surface area (Å²) < 4.78 is 0. The molecule has 1 heterocycles. The van der Waals surface area contributed by atoms with Gasteiger partial charge in [0.25, 0.3) is 0 Å². The summed E-state index contributed by atoms with van der Waals surface area (Å²) in [6.45, 7) is 6.52. The maximum atomic E-state index is 12.2. The highest BCUT2D eigenvalue weighted by atomic mass is 16.2. The van der Waals surface area contributed by atoms with Crippen LogP contribution in [0.2, 0.25) is 0 Å². The van der Waals surface area contributed by atoms with Crippen LogP contribution in [0.1, 0.15) is 18.4 Å². The number of amides is 2. The molecule has 2 amide bonds. The molecule has 21 heavy (non-hydrogen) atoms. The number of hydrogen-bond donors (Lipinski definition) is 1. The van der Waals surface area contributed by atoms with E-state index in [2.05, 4.69) is 18.8 Å². The van der Waals surface area contributed by atoms with Crippen LogP contribution >= 0.6 is 0 Å². The fraction of sp³-hybridized carbons (Fsp3) is 0.294. The summed E-state index contributed by atoms with van der Waals surface area (Å²) in [6.07, 6.45) is 4.82. The third-order valence-electron chi connectivity index (χ3n) is 3.63. The predicted molar refractivity (Wildman–Crippen MR) is 82.7 cm³/mol. The van der Waals surface area contributed by atoms with Crippen LogP contribution in [0, 0.1) is 0 Å². The summed E-state index contributed by atoms with van der Waals surface area (Å²) in [5.41, 5.74) is 1.18. The molecule has 0 aromatic heterocycles. The van der Waals surface area contributed by atoms with Crippen LogP contribution in [0.5, 0.6) is 0 Å². The van der Waals surface area contributed by atoms with E-state index in [0.29, 0.717) is 13.1 Å². The largest absolute Gasteiger partial charge is 0.353 e. The van der Waals surface area contributed by atoms with Gasteiger partial charge < -0.3 is 10.2 Å². The van der Waals surface area contributed by atoms with E-state index >= 15 is 0 Å². The van der Waals surface area contributed by atoms with Crippen molar-refractivity contribution in [2.45, 2.75) is 18.9 Å². The second kappa shape index (κ2) is 6.88. The molecule has 0 fully saturated rings. The minimum Gasteiger partial charge on any atom is -0.353 e. The molecule has 1 aromatic rings. The predicted octanol–water partition coefficient (Wildman–Crippen LogP) is 1.86. The second-order valence-corrected chi connectivity index (χ2v) is 5.12. The van der Waals surface area contributed by atoms with Crippen LogP contribution < -0.4 is 5.32 Å². The van der Waals surface area contributed by atoms with Crippen molar-refractivity contribution in [2.75, 3.05) is 13.1 Å².